The second kappa shape index (κ2) is 3.21. The summed E-state index contributed by atoms with van der Waals surface area (Å²) >= 11 is 0. The van der Waals surface area contributed by atoms with E-state index in [9.17, 15) is 0 Å². The molecule has 2 N–H and O–H groups in total. The Morgan fingerprint density at radius 3 is 2.82 bits per heavy atom. The third-order valence-electron chi connectivity index (χ3n) is 1.35. The summed E-state index contributed by atoms with van der Waals surface area (Å²) in [5.74, 6) is 1.19. The van der Waals surface area contributed by atoms with Gasteiger partial charge in [-0.15, -0.1) is 0 Å². The molecule has 0 atom stereocenters. The van der Waals surface area contributed by atoms with Gasteiger partial charge in [-0.05, 0) is 12.1 Å². The Hall–Kier alpha value is -1.29. The minimum Gasteiger partial charge on any atom is -0.384 e. The first-order chi connectivity index (χ1) is 5.24. The maximum Gasteiger partial charge on any atom is 0.154 e. The largest absolute Gasteiger partial charge is 0.384 e. The standard InChI is InChI=1S/C7H11N3O/c1-10(11-2)7-5-3-4-6(8)9-7/h3-5H,1-2H3,(H2,8,9). The summed E-state index contributed by atoms with van der Waals surface area (Å²) in [7, 11) is 3.34. The Morgan fingerprint density at radius 1 is 1.55 bits per heavy atom. The lowest BCUT2D eigenvalue weighted by Crippen LogP contribution is -2.16. The Kier molecular flexibility index (Phi) is 2.28. The molecule has 0 unspecified atom stereocenters. The predicted octanol–water partition coefficient (Wildman–Crippen LogP) is 0.661. The summed E-state index contributed by atoms with van der Waals surface area (Å²) in [6, 6.07) is 5.38. The fourth-order valence-electron chi connectivity index (χ4n) is 0.708. The lowest BCUT2D eigenvalue weighted by Gasteiger charge is -2.13. The fourth-order valence-corrected chi connectivity index (χ4v) is 0.708. The number of hydroxylamine groups is 1. The number of nitrogens with two attached hydrogens (primary N) is 1. The van der Waals surface area contributed by atoms with Crippen molar-refractivity contribution < 1.29 is 4.84 Å². The molecule has 0 aliphatic heterocycles. The van der Waals surface area contributed by atoms with Crippen molar-refractivity contribution in [3.63, 3.8) is 0 Å². The first kappa shape index (κ1) is 7.81. The minimum absolute atomic E-state index is 0.492. The van der Waals surface area contributed by atoms with Crippen molar-refractivity contribution >= 4 is 11.6 Å². The van der Waals surface area contributed by atoms with Crippen LogP contribution >= 0.6 is 0 Å². The number of hydrogen-bond donors (Lipinski definition) is 1. The van der Waals surface area contributed by atoms with E-state index < -0.39 is 0 Å². The molecule has 0 amide bonds. The van der Waals surface area contributed by atoms with E-state index in [1.165, 1.54) is 5.06 Å². The number of nitrogen functional groups attached to an aromatic ring is 1. The Morgan fingerprint density at radius 2 is 2.27 bits per heavy atom. The molecule has 0 spiro atoms. The third kappa shape index (κ3) is 1.81. The molecule has 1 aromatic heterocycles. The van der Waals surface area contributed by atoms with Crippen molar-refractivity contribution in [3.05, 3.63) is 18.2 Å². The average Bonchev–Trinajstić information content (AvgIpc) is 2.03. The van der Waals surface area contributed by atoms with Gasteiger partial charge in [0.25, 0.3) is 0 Å². The number of pyridine rings is 1. The average molecular weight is 153 g/mol. The lowest BCUT2D eigenvalue weighted by atomic mass is 10.4. The lowest BCUT2D eigenvalue weighted by molar-refractivity contribution is 0.182. The summed E-state index contributed by atoms with van der Waals surface area (Å²) in [6.07, 6.45) is 0. The van der Waals surface area contributed by atoms with Gasteiger partial charge in [-0.25, -0.2) is 10.0 Å². The number of hydrogen-bond acceptors (Lipinski definition) is 4. The van der Waals surface area contributed by atoms with Crippen LogP contribution in [-0.4, -0.2) is 19.1 Å². The summed E-state index contributed by atoms with van der Waals surface area (Å²) in [5, 5.41) is 1.54. The van der Waals surface area contributed by atoms with Crippen molar-refractivity contribution in [2.45, 2.75) is 0 Å². The third-order valence-corrected chi connectivity index (χ3v) is 1.35. The number of anilines is 2. The molecule has 1 heterocycles. The minimum atomic E-state index is 0.492. The smallest absolute Gasteiger partial charge is 0.154 e. The molecule has 0 bridgehead atoms. The monoisotopic (exact) mass is 153 g/mol. The van der Waals surface area contributed by atoms with Gasteiger partial charge in [0.2, 0.25) is 0 Å². The van der Waals surface area contributed by atoms with Crippen LogP contribution in [0.4, 0.5) is 11.6 Å². The summed E-state index contributed by atoms with van der Waals surface area (Å²) in [4.78, 5) is 8.93. The maximum absolute atomic E-state index is 5.46. The van der Waals surface area contributed by atoms with E-state index in [0.29, 0.717) is 11.6 Å². The molecule has 0 fully saturated rings. The molecule has 1 aromatic rings. The molecule has 11 heavy (non-hydrogen) atoms. The van der Waals surface area contributed by atoms with Gasteiger partial charge in [0.1, 0.15) is 5.82 Å². The highest BCUT2D eigenvalue weighted by Crippen LogP contribution is 2.09. The van der Waals surface area contributed by atoms with Crippen LogP contribution in [0.15, 0.2) is 18.2 Å². The van der Waals surface area contributed by atoms with E-state index in [2.05, 4.69) is 4.98 Å². The molecular weight excluding hydrogens is 142 g/mol. The van der Waals surface area contributed by atoms with Crippen LogP contribution in [0.1, 0.15) is 0 Å². The van der Waals surface area contributed by atoms with Crippen molar-refractivity contribution in [1.82, 2.24) is 4.98 Å². The van der Waals surface area contributed by atoms with Crippen LogP contribution in [0.2, 0.25) is 0 Å². The molecule has 0 aromatic carbocycles. The van der Waals surface area contributed by atoms with Crippen LogP contribution in [0, 0.1) is 0 Å². The molecule has 60 valence electrons. The van der Waals surface area contributed by atoms with E-state index in [1.807, 2.05) is 12.1 Å². The quantitative estimate of drug-likeness (QED) is 0.634. The Balaban J connectivity index is 2.86. The second-order valence-electron chi connectivity index (χ2n) is 2.10. The predicted molar refractivity (Wildman–Crippen MR) is 44.1 cm³/mol. The van der Waals surface area contributed by atoms with Gasteiger partial charge in [0.05, 0.1) is 7.11 Å². The zero-order valence-corrected chi connectivity index (χ0v) is 6.61. The maximum atomic E-state index is 5.46. The summed E-state index contributed by atoms with van der Waals surface area (Å²) in [5.41, 5.74) is 5.46. The van der Waals surface area contributed by atoms with E-state index in [0.717, 1.165) is 0 Å². The highest BCUT2D eigenvalue weighted by molar-refractivity contribution is 5.41. The van der Waals surface area contributed by atoms with Crippen LogP contribution < -0.4 is 10.8 Å². The van der Waals surface area contributed by atoms with Crippen molar-refractivity contribution in [3.8, 4) is 0 Å². The SMILES string of the molecule is CON(C)c1cccc(N)n1. The Bertz CT molecular complexity index is 239. The van der Waals surface area contributed by atoms with Gasteiger partial charge in [0.15, 0.2) is 5.82 Å². The van der Waals surface area contributed by atoms with Gasteiger partial charge in [0, 0.05) is 7.05 Å². The molecular formula is C7H11N3O. The highest BCUT2D eigenvalue weighted by atomic mass is 16.7. The molecule has 4 nitrogen and oxygen atoms in total. The van der Waals surface area contributed by atoms with Gasteiger partial charge < -0.3 is 5.73 Å². The fraction of sp³-hybridized carbons (Fsp3) is 0.286. The zero-order valence-electron chi connectivity index (χ0n) is 6.61. The van der Waals surface area contributed by atoms with Gasteiger partial charge in [-0.3, -0.25) is 4.84 Å². The zero-order chi connectivity index (χ0) is 8.27. The van der Waals surface area contributed by atoms with E-state index in [4.69, 9.17) is 10.6 Å². The molecule has 0 aliphatic rings. The summed E-state index contributed by atoms with van der Waals surface area (Å²) in [6.45, 7) is 0. The number of aromatic nitrogens is 1. The van der Waals surface area contributed by atoms with E-state index in [1.54, 1.807) is 20.2 Å². The molecule has 0 saturated heterocycles. The van der Waals surface area contributed by atoms with Gasteiger partial charge in [-0.1, -0.05) is 6.07 Å². The topological polar surface area (TPSA) is 51.4 Å². The van der Waals surface area contributed by atoms with E-state index in [-0.39, 0.29) is 0 Å². The molecule has 0 aliphatic carbocycles. The van der Waals surface area contributed by atoms with Crippen molar-refractivity contribution in [2.24, 2.45) is 0 Å². The normalized spacial score (nSPS) is 9.64. The van der Waals surface area contributed by atoms with E-state index >= 15 is 0 Å². The summed E-state index contributed by atoms with van der Waals surface area (Å²) < 4.78 is 0. The number of nitrogens with zero attached hydrogens (tertiary/aromatic N) is 2. The van der Waals surface area contributed by atoms with Crippen LogP contribution in [0.25, 0.3) is 0 Å². The van der Waals surface area contributed by atoms with Gasteiger partial charge >= 0.3 is 0 Å². The number of rotatable bonds is 2. The van der Waals surface area contributed by atoms with Gasteiger partial charge in [-0.2, -0.15) is 0 Å². The Labute approximate surface area is 65.5 Å². The molecule has 4 heteroatoms. The van der Waals surface area contributed by atoms with Crippen LogP contribution in [0.3, 0.4) is 0 Å². The molecule has 0 saturated carbocycles. The molecule has 1 rings (SSSR count). The van der Waals surface area contributed by atoms with Crippen molar-refractivity contribution in [2.75, 3.05) is 25.0 Å². The first-order valence-corrected chi connectivity index (χ1v) is 3.24. The highest BCUT2D eigenvalue weighted by Gasteiger charge is 1.98. The van der Waals surface area contributed by atoms with Crippen molar-refractivity contribution in [1.29, 1.82) is 0 Å². The molecule has 0 radical (unpaired) electrons. The van der Waals surface area contributed by atoms with Crippen LogP contribution in [-0.2, 0) is 4.84 Å². The second-order valence-corrected chi connectivity index (χ2v) is 2.10. The van der Waals surface area contributed by atoms with Crippen LogP contribution in [0.5, 0.6) is 0 Å². The first-order valence-electron chi connectivity index (χ1n) is 3.24.